The van der Waals surface area contributed by atoms with Crippen LogP contribution in [-0.4, -0.2) is 53.8 Å². The number of nitrogens with zero attached hydrogens (tertiary/aromatic N) is 2. The summed E-state index contributed by atoms with van der Waals surface area (Å²) in [5, 5.41) is 0. The van der Waals surface area contributed by atoms with Crippen LogP contribution >= 0.6 is 0 Å². The van der Waals surface area contributed by atoms with Crippen LogP contribution in [-0.2, 0) is 14.3 Å². The van der Waals surface area contributed by atoms with Crippen LogP contribution < -0.4 is 4.90 Å². The van der Waals surface area contributed by atoms with Crippen LogP contribution in [0.4, 0.5) is 5.69 Å². The SMILES string of the molecule is CC1=C[C@H]2[C@@H]3C(=O)N(C[C@@H]4CCCO4)C(=O)[C@@H]3[C@H](C(=O)c3ccccc3)N2c2ccccc21. The minimum Gasteiger partial charge on any atom is -0.376 e. The van der Waals surface area contributed by atoms with Crippen molar-refractivity contribution in [2.75, 3.05) is 18.1 Å². The van der Waals surface area contributed by atoms with Crippen LogP contribution in [0.1, 0.15) is 35.7 Å². The lowest BCUT2D eigenvalue weighted by Crippen LogP contribution is -2.49. The Morgan fingerprint density at radius 1 is 1.00 bits per heavy atom. The van der Waals surface area contributed by atoms with E-state index in [0.29, 0.717) is 12.2 Å². The fourth-order valence-electron chi connectivity index (χ4n) is 6.10. The fraction of sp³-hybridized carbons (Fsp3) is 0.370. The molecular weight excluding hydrogens is 416 g/mol. The van der Waals surface area contributed by atoms with Gasteiger partial charge in [-0.25, -0.2) is 0 Å². The molecule has 6 nitrogen and oxygen atoms in total. The standard InChI is InChI=1S/C27H26N2O4/c1-16-14-21-22-23(27(32)28(26(22)31)15-18-10-7-13-33-18)24(25(30)17-8-3-2-4-9-17)29(21)20-12-6-5-11-19(16)20/h2-6,8-9,11-12,14,18,21-24H,7,10,13,15H2,1H3/t18-,21-,22-,23-,24+/m0/s1. The van der Waals surface area contributed by atoms with E-state index in [0.717, 1.165) is 29.7 Å². The molecule has 168 valence electrons. The van der Waals surface area contributed by atoms with E-state index >= 15 is 0 Å². The summed E-state index contributed by atoms with van der Waals surface area (Å²) in [6.07, 6.45) is 3.75. The number of allylic oxidation sites excluding steroid dienone is 1. The minimum atomic E-state index is -0.723. The average molecular weight is 443 g/mol. The first-order valence-corrected chi connectivity index (χ1v) is 11.7. The van der Waals surface area contributed by atoms with E-state index in [9.17, 15) is 14.4 Å². The van der Waals surface area contributed by atoms with Crippen molar-refractivity contribution in [3.05, 3.63) is 71.8 Å². The predicted octanol–water partition coefficient (Wildman–Crippen LogP) is 3.32. The van der Waals surface area contributed by atoms with Crippen molar-refractivity contribution in [2.24, 2.45) is 11.8 Å². The zero-order valence-corrected chi connectivity index (χ0v) is 18.5. The Labute approximate surface area is 192 Å². The number of carbonyl (C=O) groups is 3. The molecule has 6 heteroatoms. The van der Waals surface area contributed by atoms with Crippen molar-refractivity contribution in [3.63, 3.8) is 0 Å². The first-order valence-electron chi connectivity index (χ1n) is 11.7. The topological polar surface area (TPSA) is 66.9 Å². The van der Waals surface area contributed by atoms with Gasteiger partial charge in [0.2, 0.25) is 11.8 Å². The zero-order chi connectivity index (χ0) is 22.7. The summed E-state index contributed by atoms with van der Waals surface area (Å²) in [7, 11) is 0. The summed E-state index contributed by atoms with van der Waals surface area (Å²) in [5.74, 6) is -1.81. The number of carbonyl (C=O) groups excluding carboxylic acids is 3. The Morgan fingerprint density at radius 3 is 2.48 bits per heavy atom. The molecule has 0 N–H and O–H groups in total. The summed E-state index contributed by atoms with van der Waals surface area (Å²) in [6.45, 7) is 2.98. The molecule has 6 rings (SSSR count). The van der Waals surface area contributed by atoms with Gasteiger partial charge in [0, 0.05) is 23.4 Å². The van der Waals surface area contributed by atoms with E-state index in [2.05, 4.69) is 6.08 Å². The van der Waals surface area contributed by atoms with E-state index < -0.39 is 17.9 Å². The summed E-state index contributed by atoms with van der Waals surface area (Å²) in [4.78, 5) is 44.6. The number of Topliss-reactive ketones (excluding diaryl/α,β-unsaturated/α-hetero) is 1. The molecule has 4 aliphatic rings. The maximum absolute atomic E-state index is 13.9. The summed E-state index contributed by atoms with van der Waals surface area (Å²) in [5.41, 5.74) is 3.58. The quantitative estimate of drug-likeness (QED) is 0.537. The minimum absolute atomic E-state index is 0.111. The Morgan fingerprint density at radius 2 is 1.73 bits per heavy atom. The molecule has 0 unspecified atom stereocenters. The molecule has 0 aromatic heterocycles. The molecule has 4 aliphatic heterocycles. The van der Waals surface area contributed by atoms with Crippen molar-refractivity contribution < 1.29 is 19.1 Å². The van der Waals surface area contributed by atoms with Crippen molar-refractivity contribution in [2.45, 2.75) is 38.0 Å². The van der Waals surface area contributed by atoms with Crippen LogP contribution in [0.5, 0.6) is 0 Å². The zero-order valence-electron chi connectivity index (χ0n) is 18.5. The number of ether oxygens (including phenoxy) is 1. The molecular formula is C27H26N2O4. The van der Waals surface area contributed by atoms with Gasteiger partial charge in [0.25, 0.3) is 0 Å². The van der Waals surface area contributed by atoms with Crippen LogP contribution in [0, 0.1) is 11.8 Å². The number of benzene rings is 2. The summed E-state index contributed by atoms with van der Waals surface area (Å²) >= 11 is 0. The Kier molecular flexibility index (Phi) is 4.73. The van der Waals surface area contributed by atoms with E-state index in [4.69, 9.17) is 4.74 Å². The predicted molar refractivity (Wildman–Crippen MR) is 124 cm³/mol. The van der Waals surface area contributed by atoms with Gasteiger partial charge >= 0.3 is 0 Å². The van der Waals surface area contributed by atoms with Gasteiger partial charge < -0.3 is 9.64 Å². The highest BCUT2D eigenvalue weighted by atomic mass is 16.5. The molecule has 0 spiro atoms. The summed E-state index contributed by atoms with van der Waals surface area (Å²) in [6, 6.07) is 16.0. The van der Waals surface area contributed by atoms with Crippen molar-refractivity contribution in [1.82, 2.24) is 4.90 Å². The third kappa shape index (κ3) is 3.00. The van der Waals surface area contributed by atoms with Gasteiger partial charge in [0.1, 0.15) is 6.04 Å². The van der Waals surface area contributed by atoms with Crippen molar-refractivity contribution in [3.8, 4) is 0 Å². The highest BCUT2D eigenvalue weighted by Crippen LogP contribution is 2.50. The molecule has 2 aromatic rings. The van der Waals surface area contributed by atoms with Gasteiger partial charge in [-0.3, -0.25) is 19.3 Å². The Bertz CT molecular complexity index is 1170. The van der Waals surface area contributed by atoms with E-state index in [1.54, 1.807) is 12.1 Å². The number of fused-ring (bicyclic) bond motifs is 5. The van der Waals surface area contributed by atoms with Crippen molar-refractivity contribution in [1.29, 1.82) is 0 Å². The van der Waals surface area contributed by atoms with Gasteiger partial charge in [-0.1, -0.05) is 54.6 Å². The molecule has 4 heterocycles. The number of likely N-dealkylation sites (tertiary alicyclic amines) is 1. The fourth-order valence-corrected chi connectivity index (χ4v) is 6.10. The highest BCUT2D eigenvalue weighted by Gasteiger charge is 2.64. The normalized spacial score (nSPS) is 30.2. The number of anilines is 1. The van der Waals surface area contributed by atoms with Gasteiger partial charge in [0.15, 0.2) is 5.78 Å². The first-order chi connectivity index (χ1) is 16.1. The van der Waals surface area contributed by atoms with E-state index in [1.165, 1.54) is 4.90 Å². The molecule has 3 fully saturated rings. The van der Waals surface area contributed by atoms with Crippen LogP contribution in [0.25, 0.3) is 5.57 Å². The highest BCUT2D eigenvalue weighted by molar-refractivity contribution is 6.14. The molecule has 0 bridgehead atoms. The van der Waals surface area contributed by atoms with Crippen LogP contribution in [0.3, 0.4) is 0 Å². The molecule has 2 aromatic carbocycles. The second-order valence-corrected chi connectivity index (χ2v) is 9.41. The average Bonchev–Trinajstić information content (AvgIpc) is 3.53. The van der Waals surface area contributed by atoms with Crippen LogP contribution in [0.15, 0.2) is 60.7 Å². The second-order valence-electron chi connectivity index (χ2n) is 9.41. The largest absolute Gasteiger partial charge is 0.376 e. The molecule has 0 radical (unpaired) electrons. The number of rotatable bonds is 4. The van der Waals surface area contributed by atoms with Gasteiger partial charge in [-0.15, -0.1) is 0 Å². The van der Waals surface area contributed by atoms with Gasteiger partial charge in [0.05, 0.1) is 30.5 Å². The monoisotopic (exact) mass is 442 g/mol. The van der Waals surface area contributed by atoms with Crippen molar-refractivity contribution >= 4 is 28.9 Å². The number of hydrogen-bond donors (Lipinski definition) is 0. The van der Waals surface area contributed by atoms with Gasteiger partial charge in [-0.05, 0) is 31.4 Å². The number of para-hydroxylation sites is 1. The molecule has 0 saturated carbocycles. The Balaban J connectivity index is 1.46. The molecule has 5 atom stereocenters. The first kappa shape index (κ1) is 20.4. The van der Waals surface area contributed by atoms with E-state index in [1.807, 2.05) is 54.3 Å². The lowest BCUT2D eigenvalue weighted by atomic mass is 9.85. The molecule has 33 heavy (non-hydrogen) atoms. The second kappa shape index (κ2) is 7.66. The molecule has 2 amide bonds. The smallest absolute Gasteiger partial charge is 0.235 e. The Hall–Kier alpha value is -3.25. The lowest BCUT2D eigenvalue weighted by molar-refractivity contribution is -0.142. The molecule has 0 aliphatic carbocycles. The number of ketones is 1. The lowest BCUT2D eigenvalue weighted by Gasteiger charge is -2.38. The van der Waals surface area contributed by atoms with E-state index in [-0.39, 0.29) is 36.3 Å². The van der Waals surface area contributed by atoms with Crippen LogP contribution in [0.2, 0.25) is 0 Å². The molecule has 3 saturated heterocycles. The number of amides is 2. The number of imide groups is 1. The summed E-state index contributed by atoms with van der Waals surface area (Å²) < 4.78 is 5.71. The maximum Gasteiger partial charge on any atom is 0.235 e. The third-order valence-electron chi connectivity index (χ3n) is 7.58. The third-order valence-corrected chi connectivity index (χ3v) is 7.58. The maximum atomic E-state index is 13.9. The van der Waals surface area contributed by atoms with Gasteiger partial charge in [-0.2, -0.15) is 0 Å². The number of hydrogen-bond acceptors (Lipinski definition) is 5.